The van der Waals surface area contributed by atoms with Gasteiger partial charge in [0.25, 0.3) is 5.88 Å². The summed E-state index contributed by atoms with van der Waals surface area (Å²) in [7, 11) is -3.86. The Morgan fingerprint density at radius 2 is 1.82 bits per heavy atom. The number of aryl methyl sites for hydroxylation is 2. The summed E-state index contributed by atoms with van der Waals surface area (Å²) >= 11 is 1.67. The molecule has 3 aromatic heterocycles. The highest BCUT2D eigenvalue weighted by Crippen LogP contribution is 2.57. The predicted molar refractivity (Wildman–Crippen MR) is 236 cm³/mol. The first-order valence-corrected chi connectivity index (χ1v) is 24.0. The van der Waals surface area contributed by atoms with Gasteiger partial charge >= 0.3 is 0 Å². The Labute approximate surface area is 365 Å². The molecule has 326 valence electrons. The van der Waals surface area contributed by atoms with Crippen molar-refractivity contribution in [2.75, 3.05) is 6.54 Å². The number of nitrogens with one attached hydrogen (secondary N) is 1. The molecule has 2 amide bonds. The predicted octanol–water partition coefficient (Wildman–Crippen LogP) is 7.79. The summed E-state index contributed by atoms with van der Waals surface area (Å²) in [5, 5.41) is 1.08. The van der Waals surface area contributed by atoms with Gasteiger partial charge < -0.3 is 18.8 Å². The van der Waals surface area contributed by atoms with Gasteiger partial charge in [0, 0.05) is 41.0 Å². The number of fused-ring (bicyclic) bond motifs is 4. The Kier molecular flexibility index (Phi) is 10.8. The number of allylic oxidation sites excluding steroid dienone is 1. The minimum absolute atomic E-state index is 0.00452. The minimum atomic E-state index is -3.86. The van der Waals surface area contributed by atoms with E-state index in [-0.39, 0.29) is 55.4 Å². The number of furan rings is 1. The van der Waals surface area contributed by atoms with Gasteiger partial charge in [-0.2, -0.15) is 4.98 Å². The van der Waals surface area contributed by atoms with E-state index in [1.807, 2.05) is 83.1 Å². The quantitative estimate of drug-likeness (QED) is 0.102. The number of ketones is 1. The molecule has 15 heteroatoms. The molecule has 1 N–H and O–H groups in total. The third-order valence-electron chi connectivity index (χ3n) is 12.8. The number of thiazole rings is 1. The van der Waals surface area contributed by atoms with Crippen LogP contribution in [0.4, 0.5) is 0 Å². The number of aromatic nitrogens is 3. The third-order valence-corrected chi connectivity index (χ3v) is 15.8. The topological polar surface area (TPSA) is 171 Å². The van der Waals surface area contributed by atoms with Crippen LogP contribution in [-0.2, 0) is 43.7 Å². The summed E-state index contributed by atoms with van der Waals surface area (Å²) in [6.45, 7) is 14.0. The van der Waals surface area contributed by atoms with E-state index in [1.165, 1.54) is 4.88 Å². The molecule has 1 saturated heterocycles. The maximum absolute atomic E-state index is 15.1. The van der Waals surface area contributed by atoms with Crippen LogP contribution in [0.5, 0.6) is 11.6 Å². The fourth-order valence-corrected chi connectivity index (χ4v) is 11.7. The molecule has 0 bridgehead atoms. The lowest BCUT2D eigenvalue weighted by molar-refractivity contribution is -0.144. The minimum Gasteiger partial charge on any atom is -0.491 e. The molecule has 0 radical (unpaired) electrons. The molecule has 9 rings (SSSR count). The van der Waals surface area contributed by atoms with Crippen LogP contribution in [0, 0.1) is 22.7 Å². The molecule has 2 saturated carbocycles. The molecule has 62 heavy (non-hydrogen) atoms. The van der Waals surface area contributed by atoms with Crippen LogP contribution in [0.3, 0.4) is 0 Å². The zero-order chi connectivity index (χ0) is 43.7. The molecule has 2 aromatic carbocycles. The number of para-hydroxylation sites is 1. The number of carbonyl (C=O) groups is 3. The van der Waals surface area contributed by atoms with Crippen molar-refractivity contribution in [1.29, 1.82) is 0 Å². The highest BCUT2D eigenvalue weighted by molar-refractivity contribution is 7.90. The second-order valence-corrected chi connectivity index (χ2v) is 21.9. The van der Waals surface area contributed by atoms with E-state index in [1.54, 1.807) is 22.3 Å². The lowest BCUT2D eigenvalue weighted by atomic mass is 9.77. The summed E-state index contributed by atoms with van der Waals surface area (Å²) < 4.78 is 47.1. The van der Waals surface area contributed by atoms with E-state index < -0.39 is 50.1 Å². The van der Waals surface area contributed by atoms with Gasteiger partial charge in [0.1, 0.15) is 23.0 Å². The molecule has 3 aliphatic carbocycles. The zero-order valence-corrected chi connectivity index (χ0v) is 37.4. The Bertz CT molecular complexity index is 2680. The molecule has 5 atom stereocenters. The highest BCUT2D eigenvalue weighted by Gasteiger charge is 2.61. The number of benzene rings is 2. The molecule has 4 aliphatic rings. The summed E-state index contributed by atoms with van der Waals surface area (Å²) in [6.07, 6.45) is 5.48. The lowest BCUT2D eigenvalue weighted by Crippen LogP contribution is -2.48. The second-order valence-electron chi connectivity index (χ2n) is 18.8. The van der Waals surface area contributed by atoms with E-state index in [2.05, 4.69) is 11.3 Å². The number of ether oxygens (including phenoxy) is 2. The lowest BCUT2D eigenvalue weighted by Gasteiger charge is -2.35. The summed E-state index contributed by atoms with van der Waals surface area (Å²) in [6, 6.07) is 14.1. The Morgan fingerprint density at radius 1 is 1.06 bits per heavy atom. The first-order chi connectivity index (χ1) is 29.5. The van der Waals surface area contributed by atoms with Gasteiger partial charge in [-0.15, -0.1) is 17.9 Å². The zero-order valence-electron chi connectivity index (χ0n) is 35.8. The third kappa shape index (κ3) is 8.13. The smallest absolute Gasteiger partial charge is 0.262 e. The van der Waals surface area contributed by atoms with Crippen molar-refractivity contribution in [2.24, 2.45) is 22.7 Å². The number of likely N-dealkylation sites (tertiary alicyclic amines) is 1. The van der Waals surface area contributed by atoms with Crippen molar-refractivity contribution in [3.05, 3.63) is 76.8 Å². The number of carbonyl (C=O) groups excluding carboxylic acids is 3. The van der Waals surface area contributed by atoms with Crippen molar-refractivity contribution >= 4 is 61.0 Å². The average Bonchev–Trinajstić information content (AvgIpc) is 3.98. The van der Waals surface area contributed by atoms with Crippen LogP contribution >= 0.6 is 11.3 Å². The van der Waals surface area contributed by atoms with Crippen LogP contribution in [0.2, 0.25) is 0 Å². The fourth-order valence-electron chi connectivity index (χ4n) is 9.10. The number of hydrogen-bond donors (Lipinski definition) is 1. The number of amides is 2. The van der Waals surface area contributed by atoms with Crippen LogP contribution < -0.4 is 14.2 Å². The molecule has 3 fully saturated rings. The summed E-state index contributed by atoms with van der Waals surface area (Å²) in [5.41, 5.74) is 1.56. The molecule has 13 nitrogen and oxygen atoms in total. The van der Waals surface area contributed by atoms with Gasteiger partial charge in [0.05, 0.1) is 40.1 Å². The van der Waals surface area contributed by atoms with Crippen molar-refractivity contribution in [3.63, 3.8) is 0 Å². The van der Waals surface area contributed by atoms with Gasteiger partial charge in [-0.3, -0.25) is 19.1 Å². The van der Waals surface area contributed by atoms with Crippen molar-refractivity contribution < 1.29 is 36.7 Å². The Morgan fingerprint density at radius 3 is 2.50 bits per heavy atom. The van der Waals surface area contributed by atoms with Gasteiger partial charge in [-0.25, -0.2) is 18.4 Å². The average molecular weight is 880 g/mol. The van der Waals surface area contributed by atoms with Gasteiger partial charge in [0.2, 0.25) is 27.4 Å². The molecular weight excluding hydrogens is 827 g/mol. The molecule has 1 aliphatic heterocycles. The number of nitrogens with zero attached hydrogens (tertiary/aromatic N) is 4. The normalized spacial score (nSPS) is 22.8. The Hall–Kier alpha value is -5.15. The molecule has 5 aromatic rings. The first-order valence-electron chi connectivity index (χ1n) is 21.7. The van der Waals surface area contributed by atoms with Gasteiger partial charge in [-0.1, -0.05) is 39.0 Å². The monoisotopic (exact) mass is 879 g/mol. The molecular formula is C47H53N5O8S2. The Balaban J connectivity index is 1.06. The molecule has 0 unspecified atom stereocenters. The van der Waals surface area contributed by atoms with Crippen molar-refractivity contribution in [2.45, 2.75) is 116 Å². The van der Waals surface area contributed by atoms with Gasteiger partial charge in [0.15, 0.2) is 11.6 Å². The second kappa shape index (κ2) is 15.9. The summed E-state index contributed by atoms with van der Waals surface area (Å²) in [4.78, 5) is 61.4. The summed E-state index contributed by atoms with van der Waals surface area (Å²) in [5.74, 6) is -0.869. The fraction of sp³-hybridized carbons (Fsp3) is 0.489. The maximum atomic E-state index is 15.1. The SMILES string of the molecule is C=C[C@@H]1C[C@]1(CC(=O)[C@@H]1C[C@@H](Oc2nc(-c3ccc(OC(C)C)cc3)nc3c2oc2ccccc23)CN1C(=O)[C@@H](Cc1nc2c(s1)CCC2)C(C)(C)C)C(=O)NS(=O)(=O)C1CC1. The van der Waals surface area contributed by atoms with E-state index in [0.717, 1.165) is 40.9 Å². The van der Waals surface area contributed by atoms with E-state index in [9.17, 15) is 18.0 Å². The largest absolute Gasteiger partial charge is 0.491 e. The first kappa shape index (κ1) is 42.2. The standard InChI is InChI=1S/C47H53N5O8S2/c1-7-28-23-47(28,45(55)51-62(56,57)31-19-20-31)24-36(53)35-21-30(25-52(35)44(54)33(46(4,5)6)22-39-48-34-12-10-14-38(34)61-39)59-43-41-40(32-11-8-9-13-37(32)60-41)49-42(50-43)27-15-17-29(18-16-27)58-26(2)3/h7-9,11,13,15-18,26,28,30-31,33,35H,1,10,12,14,19-25H2,2-6H3,(H,51,55)/t28-,30-,33-,35+,47-/m1/s1. The number of sulfonamides is 1. The maximum Gasteiger partial charge on any atom is 0.262 e. The van der Waals surface area contributed by atoms with Crippen LogP contribution in [0.15, 0.2) is 65.6 Å². The van der Waals surface area contributed by atoms with Crippen molar-refractivity contribution in [1.82, 2.24) is 24.6 Å². The van der Waals surface area contributed by atoms with E-state index in [4.69, 9.17) is 28.8 Å². The number of Topliss-reactive ketones (excluding diaryl/α,β-unsaturated/α-hetero) is 1. The number of rotatable bonds is 15. The molecule has 0 spiro atoms. The highest BCUT2D eigenvalue weighted by atomic mass is 32.2. The molecule has 4 heterocycles. The van der Waals surface area contributed by atoms with E-state index in [0.29, 0.717) is 47.5 Å². The van der Waals surface area contributed by atoms with Crippen LogP contribution in [0.25, 0.3) is 33.5 Å². The van der Waals surface area contributed by atoms with Crippen LogP contribution in [-0.4, -0.2) is 75.9 Å². The van der Waals surface area contributed by atoms with E-state index >= 15 is 4.79 Å². The van der Waals surface area contributed by atoms with Gasteiger partial charge in [-0.05, 0) is 100 Å². The van der Waals surface area contributed by atoms with Crippen molar-refractivity contribution in [3.8, 4) is 23.0 Å². The van der Waals surface area contributed by atoms with Crippen LogP contribution in [0.1, 0.15) is 88.7 Å². The number of hydrogen-bond acceptors (Lipinski definition) is 12.